The molecule has 1 aromatic carbocycles. The summed E-state index contributed by atoms with van der Waals surface area (Å²) >= 11 is 0. The molecule has 1 aliphatic heterocycles. The Labute approximate surface area is 116 Å². The molecule has 5 heteroatoms. The average Bonchev–Trinajstić information content (AvgIpc) is 2.92. The van der Waals surface area contributed by atoms with Crippen LogP contribution in [0.2, 0.25) is 0 Å². The molecule has 0 amide bonds. The van der Waals surface area contributed by atoms with Crippen molar-refractivity contribution in [2.75, 3.05) is 25.2 Å². The van der Waals surface area contributed by atoms with Crippen molar-refractivity contribution in [3.63, 3.8) is 0 Å². The van der Waals surface area contributed by atoms with E-state index in [1.165, 1.54) is 0 Å². The number of nitrogens with two attached hydrogens (primary N) is 1. The van der Waals surface area contributed by atoms with Crippen LogP contribution in [0.25, 0.3) is 0 Å². The van der Waals surface area contributed by atoms with Crippen LogP contribution in [0.5, 0.6) is 5.75 Å². The third-order valence-corrected chi connectivity index (χ3v) is 4.85. The molecule has 4 nitrogen and oxygen atoms in total. The average molecular weight is 283 g/mol. The van der Waals surface area contributed by atoms with Gasteiger partial charge in [-0.25, -0.2) is 0 Å². The van der Waals surface area contributed by atoms with E-state index in [-0.39, 0.29) is 0 Å². The molecule has 2 unspecified atom stereocenters. The number of ether oxygens (including phenoxy) is 2. The van der Waals surface area contributed by atoms with Gasteiger partial charge in [0.05, 0.1) is 28.9 Å². The van der Waals surface area contributed by atoms with E-state index in [1.807, 2.05) is 0 Å². The lowest BCUT2D eigenvalue weighted by Gasteiger charge is -2.10. The van der Waals surface area contributed by atoms with E-state index in [2.05, 4.69) is 0 Å². The lowest BCUT2D eigenvalue weighted by atomic mass is 10.1. The summed E-state index contributed by atoms with van der Waals surface area (Å²) in [6, 6.07) is 5.28. The molecule has 1 aliphatic rings. The molecule has 19 heavy (non-hydrogen) atoms. The van der Waals surface area contributed by atoms with Gasteiger partial charge in [0.1, 0.15) is 5.75 Å². The Balaban J connectivity index is 1.88. The van der Waals surface area contributed by atoms with Gasteiger partial charge >= 0.3 is 0 Å². The molecular formula is C14H21NO3S. The van der Waals surface area contributed by atoms with Gasteiger partial charge < -0.3 is 15.2 Å². The molecule has 2 atom stereocenters. The molecule has 0 spiro atoms. The third kappa shape index (κ3) is 3.94. The standard InChI is InChI=1S/C14H21NO3S/c1-17-12-6-7-13(15)14(10-12)19(16)9-3-5-11-4-2-8-18-11/h6-7,10-11H,2-5,8-9,15H2,1H3. The van der Waals surface area contributed by atoms with Crippen LogP contribution in [0.3, 0.4) is 0 Å². The van der Waals surface area contributed by atoms with E-state index < -0.39 is 10.8 Å². The quantitative estimate of drug-likeness (QED) is 0.814. The first-order chi connectivity index (χ1) is 9.20. The molecule has 1 aromatic rings. The first-order valence-electron chi connectivity index (χ1n) is 6.64. The minimum absolute atomic E-state index is 0.361. The summed E-state index contributed by atoms with van der Waals surface area (Å²) in [7, 11) is 0.526. The highest BCUT2D eigenvalue weighted by atomic mass is 32.2. The number of rotatable bonds is 6. The number of methoxy groups -OCH3 is 1. The van der Waals surface area contributed by atoms with Crippen molar-refractivity contribution in [3.05, 3.63) is 18.2 Å². The van der Waals surface area contributed by atoms with Gasteiger partial charge in [-0.3, -0.25) is 4.21 Å². The fraction of sp³-hybridized carbons (Fsp3) is 0.571. The van der Waals surface area contributed by atoms with Crippen LogP contribution in [-0.2, 0) is 15.5 Å². The topological polar surface area (TPSA) is 61.5 Å². The summed E-state index contributed by atoms with van der Waals surface area (Å²) in [6.45, 7) is 0.872. The van der Waals surface area contributed by atoms with Crippen LogP contribution >= 0.6 is 0 Å². The summed E-state index contributed by atoms with van der Waals surface area (Å²) in [5.41, 5.74) is 6.43. The molecule has 0 aromatic heterocycles. The van der Waals surface area contributed by atoms with Crippen molar-refractivity contribution < 1.29 is 13.7 Å². The predicted molar refractivity (Wildman–Crippen MR) is 76.9 cm³/mol. The van der Waals surface area contributed by atoms with Gasteiger partial charge in [0.15, 0.2) is 0 Å². The molecule has 106 valence electrons. The lowest BCUT2D eigenvalue weighted by Crippen LogP contribution is -2.08. The maximum atomic E-state index is 12.2. The molecule has 0 saturated carbocycles. The molecule has 1 fully saturated rings. The van der Waals surface area contributed by atoms with E-state index in [9.17, 15) is 4.21 Å². The van der Waals surface area contributed by atoms with Gasteiger partial charge in [-0.1, -0.05) is 0 Å². The molecule has 1 heterocycles. The highest BCUT2D eigenvalue weighted by molar-refractivity contribution is 7.85. The van der Waals surface area contributed by atoms with Gasteiger partial charge in [-0.2, -0.15) is 0 Å². The smallest absolute Gasteiger partial charge is 0.120 e. The van der Waals surface area contributed by atoms with Crippen molar-refractivity contribution in [2.24, 2.45) is 0 Å². The molecule has 0 bridgehead atoms. The van der Waals surface area contributed by atoms with Gasteiger partial charge in [0.25, 0.3) is 0 Å². The fourth-order valence-corrected chi connectivity index (χ4v) is 3.49. The van der Waals surface area contributed by atoms with E-state index in [1.54, 1.807) is 25.3 Å². The largest absolute Gasteiger partial charge is 0.497 e. The molecule has 1 saturated heterocycles. The molecule has 0 aliphatic carbocycles. The summed E-state index contributed by atoms with van der Waals surface area (Å²) in [5.74, 6) is 1.31. The number of hydrogen-bond donors (Lipinski definition) is 1. The zero-order chi connectivity index (χ0) is 13.7. The second kappa shape index (κ2) is 6.91. The second-order valence-electron chi connectivity index (χ2n) is 4.73. The minimum Gasteiger partial charge on any atom is -0.497 e. The highest BCUT2D eigenvalue weighted by Gasteiger charge is 2.16. The summed E-state index contributed by atoms with van der Waals surface area (Å²) in [4.78, 5) is 0.673. The first-order valence-corrected chi connectivity index (χ1v) is 7.96. The maximum Gasteiger partial charge on any atom is 0.120 e. The fourth-order valence-electron chi connectivity index (χ4n) is 2.26. The van der Waals surface area contributed by atoms with Gasteiger partial charge in [0, 0.05) is 18.0 Å². The number of anilines is 1. The van der Waals surface area contributed by atoms with Crippen molar-refractivity contribution in [3.8, 4) is 5.75 Å². The Bertz CT molecular complexity index is 444. The van der Waals surface area contributed by atoms with E-state index in [0.717, 1.165) is 32.3 Å². The van der Waals surface area contributed by atoms with E-state index >= 15 is 0 Å². The third-order valence-electron chi connectivity index (χ3n) is 3.35. The number of benzene rings is 1. The normalized spacial score (nSPS) is 20.4. The Morgan fingerprint density at radius 3 is 3.05 bits per heavy atom. The molecular weight excluding hydrogens is 262 g/mol. The van der Waals surface area contributed by atoms with Gasteiger partial charge in [0.2, 0.25) is 0 Å². The highest BCUT2D eigenvalue weighted by Crippen LogP contribution is 2.24. The van der Waals surface area contributed by atoms with Gasteiger partial charge in [-0.15, -0.1) is 0 Å². The monoisotopic (exact) mass is 283 g/mol. The SMILES string of the molecule is COc1ccc(N)c(S(=O)CCCC2CCCO2)c1. The molecule has 2 N–H and O–H groups in total. The van der Waals surface area contributed by atoms with Crippen molar-refractivity contribution >= 4 is 16.5 Å². The van der Waals surface area contributed by atoms with Crippen LogP contribution in [0, 0.1) is 0 Å². The Morgan fingerprint density at radius 1 is 1.53 bits per heavy atom. The van der Waals surface area contributed by atoms with Crippen molar-refractivity contribution in [1.82, 2.24) is 0 Å². The summed E-state index contributed by atoms with van der Waals surface area (Å²) in [6.07, 6.45) is 4.52. The van der Waals surface area contributed by atoms with E-state index in [0.29, 0.717) is 28.2 Å². The zero-order valence-electron chi connectivity index (χ0n) is 11.3. The molecule has 2 rings (SSSR count). The Morgan fingerprint density at radius 2 is 2.37 bits per heavy atom. The van der Waals surface area contributed by atoms with Crippen molar-refractivity contribution in [2.45, 2.75) is 36.7 Å². The van der Waals surface area contributed by atoms with Crippen molar-refractivity contribution in [1.29, 1.82) is 0 Å². The lowest BCUT2D eigenvalue weighted by molar-refractivity contribution is 0.104. The zero-order valence-corrected chi connectivity index (χ0v) is 12.1. The van der Waals surface area contributed by atoms with Crippen LogP contribution < -0.4 is 10.5 Å². The minimum atomic E-state index is -1.07. The Kier molecular flexibility index (Phi) is 5.22. The van der Waals surface area contributed by atoms with Gasteiger partial charge in [-0.05, 0) is 43.9 Å². The van der Waals surface area contributed by atoms with Crippen LogP contribution in [-0.4, -0.2) is 29.8 Å². The van der Waals surface area contributed by atoms with Crippen LogP contribution in [0.15, 0.2) is 23.1 Å². The summed E-state index contributed by atoms with van der Waals surface area (Å²) in [5, 5.41) is 0. The van der Waals surface area contributed by atoms with E-state index in [4.69, 9.17) is 15.2 Å². The number of nitrogen functional groups attached to an aromatic ring is 1. The summed E-state index contributed by atoms with van der Waals surface area (Å²) < 4.78 is 22.9. The maximum absolute atomic E-state index is 12.2. The second-order valence-corrected chi connectivity index (χ2v) is 6.27. The van der Waals surface area contributed by atoms with Crippen LogP contribution in [0.4, 0.5) is 5.69 Å². The van der Waals surface area contributed by atoms with Crippen LogP contribution in [0.1, 0.15) is 25.7 Å². The first kappa shape index (κ1) is 14.3. The Hall–Kier alpha value is -1.07. The number of hydrogen-bond acceptors (Lipinski definition) is 4. The molecule has 0 radical (unpaired) electrons. The predicted octanol–water partition coefficient (Wildman–Crippen LogP) is 2.34.